The van der Waals surface area contributed by atoms with Gasteiger partial charge in [0, 0.05) is 5.38 Å². The van der Waals surface area contributed by atoms with E-state index >= 15 is 0 Å². The average Bonchev–Trinajstić information content (AvgIpc) is 2.99. The molecule has 1 aliphatic rings. The molecule has 0 saturated carbocycles. The van der Waals surface area contributed by atoms with E-state index in [1.54, 1.807) is 17.1 Å². The molecule has 19 heavy (non-hydrogen) atoms. The number of esters is 1. The van der Waals surface area contributed by atoms with Crippen molar-refractivity contribution in [1.82, 2.24) is 4.98 Å². The van der Waals surface area contributed by atoms with Gasteiger partial charge in [0.15, 0.2) is 5.13 Å². The minimum atomic E-state index is -0.353. The monoisotopic (exact) mass is 300 g/mol. The molecule has 1 atom stereocenters. The van der Waals surface area contributed by atoms with Gasteiger partial charge in [0.1, 0.15) is 0 Å². The zero-order chi connectivity index (χ0) is 13.9. The summed E-state index contributed by atoms with van der Waals surface area (Å²) in [6, 6.07) is 0. The maximum absolute atomic E-state index is 12.2. The number of aromatic nitrogens is 1. The normalized spacial score (nSPS) is 22.2. The molecular formula is C12H16N2O3S2. The van der Waals surface area contributed by atoms with Crippen molar-refractivity contribution in [3.05, 3.63) is 11.1 Å². The lowest BCUT2D eigenvalue weighted by Crippen LogP contribution is -2.34. The number of amides is 1. The van der Waals surface area contributed by atoms with Gasteiger partial charge in [-0.05, 0) is 25.5 Å². The molecule has 5 nitrogen and oxygen atoms in total. The zero-order valence-corrected chi connectivity index (χ0v) is 12.5. The number of nitrogens with zero attached hydrogens (tertiary/aromatic N) is 1. The van der Waals surface area contributed by atoms with Crippen LogP contribution in [0.1, 0.15) is 25.5 Å². The summed E-state index contributed by atoms with van der Waals surface area (Å²) in [5, 5.41) is 5.13. The van der Waals surface area contributed by atoms with E-state index < -0.39 is 0 Å². The van der Waals surface area contributed by atoms with Crippen molar-refractivity contribution in [2.24, 2.45) is 0 Å². The van der Waals surface area contributed by atoms with Crippen molar-refractivity contribution < 1.29 is 14.3 Å². The Kier molecular flexibility index (Phi) is 4.46. The molecule has 0 spiro atoms. The smallest absolute Gasteiger partial charge is 0.311 e. The van der Waals surface area contributed by atoms with Gasteiger partial charge >= 0.3 is 5.97 Å². The van der Waals surface area contributed by atoms with Crippen LogP contribution in [0.2, 0.25) is 0 Å². The topological polar surface area (TPSA) is 68.3 Å². The number of hydrogen-bond acceptors (Lipinski definition) is 6. The van der Waals surface area contributed by atoms with Crippen LogP contribution in [-0.2, 0) is 20.7 Å². The SMILES string of the molecule is COC(=O)Cc1csc(NC(=O)C2(C)CCCS2)n1. The van der Waals surface area contributed by atoms with Crippen molar-refractivity contribution in [1.29, 1.82) is 0 Å². The average molecular weight is 300 g/mol. The van der Waals surface area contributed by atoms with Crippen LogP contribution in [0.15, 0.2) is 5.38 Å². The number of carbonyl (C=O) groups is 2. The molecule has 1 aromatic heterocycles. The second-order valence-corrected chi connectivity index (χ2v) is 6.99. The minimum Gasteiger partial charge on any atom is -0.469 e. The summed E-state index contributed by atoms with van der Waals surface area (Å²) in [6.07, 6.45) is 2.10. The summed E-state index contributed by atoms with van der Waals surface area (Å²) >= 11 is 3.01. The second-order valence-electron chi connectivity index (χ2n) is 4.53. The Bertz CT molecular complexity index is 481. The molecule has 1 N–H and O–H groups in total. The Morgan fingerprint density at radius 2 is 2.37 bits per heavy atom. The van der Waals surface area contributed by atoms with Gasteiger partial charge in [-0.2, -0.15) is 0 Å². The highest BCUT2D eigenvalue weighted by Crippen LogP contribution is 2.38. The number of ether oxygens (including phenoxy) is 1. The van der Waals surface area contributed by atoms with E-state index in [0.717, 1.165) is 18.6 Å². The van der Waals surface area contributed by atoms with Crippen molar-refractivity contribution >= 4 is 40.1 Å². The van der Waals surface area contributed by atoms with Crippen molar-refractivity contribution in [2.75, 3.05) is 18.2 Å². The highest BCUT2D eigenvalue weighted by molar-refractivity contribution is 8.01. The van der Waals surface area contributed by atoms with Crippen LogP contribution >= 0.6 is 23.1 Å². The number of rotatable bonds is 4. The first-order chi connectivity index (χ1) is 9.03. The van der Waals surface area contributed by atoms with Gasteiger partial charge in [0.25, 0.3) is 0 Å². The molecule has 0 aliphatic carbocycles. The van der Waals surface area contributed by atoms with E-state index in [1.165, 1.54) is 18.4 Å². The molecule has 1 fully saturated rings. The lowest BCUT2D eigenvalue weighted by atomic mass is 10.1. The molecule has 0 aromatic carbocycles. The number of thiazole rings is 1. The number of carbonyl (C=O) groups excluding carboxylic acids is 2. The highest BCUT2D eigenvalue weighted by Gasteiger charge is 2.37. The molecule has 0 bridgehead atoms. The molecule has 1 aliphatic heterocycles. The maximum Gasteiger partial charge on any atom is 0.311 e. The van der Waals surface area contributed by atoms with E-state index in [2.05, 4.69) is 15.0 Å². The van der Waals surface area contributed by atoms with E-state index in [9.17, 15) is 9.59 Å². The highest BCUT2D eigenvalue weighted by atomic mass is 32.2. The lowest BCUT2D eigenvalue weighted by Gasteiger charge is -2.20. The molecule has 0 radical (unpaired) electrons. The van der Waals surface area contributed by atoms with E-state index in [4.69, 9.17) is 0 Å². The van der Waals surface area contributed by atoms with Gasteiger partial charge in [-0.1, -0.05) is 0 Å². The number of anilines is 1. The van der Waals surface area contributed by atoms with Gasteiger partial charge in [-0.25, -0.2) is 4.98 Å². The maximum atomic E-state index is 12.2. The van der Waals surface area contributed by atoms with E-state index in [1.807, 2.05) is 6.92 Å². The van der Waals surface area contributed by atoms with Crippen LogP contribution in [-0.4, -0.2) is 34.5 Å². The first-order valence-electron chi connectivity index (χ1n) is 6.00. The van der Waals surface area contributed by atoms with Gasteiger partial charge in [-0.15, -0.1) is 23.1 Å². The number of methoxy groups -OCH3 is 1. The fraction of sp³-hybridized carbons (Fsp3) is 0.583. The number of nitrogens with one attached hydrogen (secondary N) is 1. The van der Waals surface area contributed by atoms with Crippen molar-refractivity contribution in [3.8, 4) is 0 Å². The molecule has 1 aromatic rings. The Morgan fingerprint density at radius 3 is 3.00 bits per heavy atom. The third kappa shape index (κ3) is 3.48. The van der Waals surface area contributed by atoms with Gasteiger partial charge in [0.2, 0.25) is 5.91 Å². The van der Waals surface area contributed by atoms with Crippen molar-refractivity contribution in [3.63, 3.8) is 0 Å². The Hall–Kier alpha value is -1.08. The molecule has 7 heteroatoms. The predicted molar refractivity (Wildman–Crippen MR) is 76.6 cm³/mol. The Balaban J connectivity index is 1.96. The lowest BCUT2D eigenvalue weighted by molar-refractivity contribution is -0.139. The number of hydrogen-bond donors (Lipinski definition) is 1. The molecule has 1 unspecified atom stereocenters. The first-order valence-corrected chi connectivity index (χ1v) is 7.87. The number of thioether (sulfide) groups is 1. The Labute approximate surface area is 120 Å². The third-order valence-corrected chi connectivity index (χ3v) is 5.35. The summed E-state index contributed by atoms with van der Waals surface area (Å²) in [5.74, 6) is 0.686. The fourth-order valence-corrected chi connectivity index (χ4v) is 3.77. The molecule has 104 valence electrons. The molecule has 1 saturated heterocycles. The Morgan fingerprint density at radius 1 is 1.58 bits per heavy atom. The molecule has 2 rings (SSSR count). The standard InChI is InChI=1S/C12H16N2O3S2/c1-12(4-3-5-19-12)10(16)14-11-13-8(7-18-11)6-9(15)17-2/h7H,3-6H2,1-2H3,(H,13,14,16). The van der Waals surface area contributed by atoms with Crippen LogP contribution in [0, 0.1) is 0 Å². The first kappa shape index (κ1) is 14.3. The predicted octanol–water partition coefficient (Wildman–Crippen LogP) is 2.08. The largest absolute Gasteiger partial charge is 0.469 e. The zero-order valence-electron chi connectivity index (χ0n) is 10.9. The third-order valence-electron chi connectivity index (χ3n) is 3.02. The van der Waals surface area contributed by atoms with Gasteiger partial charge in [0.05, 0.1) is 24.0 Å². The summed E-state index contributed by atoms with van der Waals surface area (Å²) in [7, 11) is 1.34. The van der Waals surface area contributed by atoms with Crippen LogP contribution in [0.5, 0.6) is 0 Å². The van der Waals surface area contributed by atoms with Crippen molar-refractivity contribution in [2.45, 2.75) is 30.9 Å². The molecule has 2 heterocycles. The second kappa shape index (κ2) is 5.92. The minimum absolute atomic E-state index is 0.00559. The van der Waals surface area contributed by atoms with Crippen LogP contribution in [0.3, 0.4) is 0 Å². The fourth-order valence-electron chi connectivity index (χ4n) is 1.85. The van der Waals surface area contributed by atoms with Crippen LogP contribution in [0.4, 0.5) is 5.13 Å². The van der Waals surface area contributed by atoms with Crippen LogP contribution < -0.4 is 5.32 Å². The molecular weight excluding hydrogens is 284 g/mol. The summed E-state index contributed by atoms with van der Waals surface area (Å²) in [5.41, 5.74) is 0.622. The van der Waals surface area contributed by atoms with Gasteiger partial charge in [-0.3, -0.25) is 9.59 Å². The summed E-state index contributed by atoms with van der Waals surface area (Å²) in [6.45, 7) is 1.96. The summed E-state index contributed by atoms with van der Waals surface area (Å²) in [4.78, 5) is 27.5. The van der Waals surface area contributed by atoms with E-state index in [0.29, 0.717) is 10.8 Å². The van der Waals surface area contributed by atoms with E-state index in [-0.39, 0.29) is 23.0 Å². The summed E-state index contributed by atoms with van der Waals surface area (Å²) < 4.78 is 4.22. The van der Waals surface area contributed by atoms with Crippen LogP contribution in [0.25, 0.3) is 0 Å². The van der Waals surface area contributed by atoms with Gasteiger partial charge < -0.3 is 10.1 Å². The quantitative estimate of drug-likeness (QED) is 0.862. The molecule has 1 amide bonds.